The Balaban J connectivity index is 1.56. The summed E-state index contributed by atoms with van der Waals surface area (Å²) in [6.07, 6.45) is 5.10. The summed E-state index contributed by atoms with van der Waals surface area (Å²) >= 11 is 0. The molecule has 2 aliphatic rings. The monoisotopic (exact) mass is 358 g/mol. The number of carboxylic acids is 1. The summed E-state index contributed by atoms with van der Waals surface area (Å²) in [4.78, 5) is 37.7. The van der Waals surface area contributed by atoms with Crippen molar-refractivity contribution in [1.82, 2.24) is 10.2 Å². The Morgan fingerprint density at radius 1 is 1.23 bits per heavy atom. The molecule has 3 rings (SSSR count). The number of nitrogens with zero attached hydrogens (tertiary/aromatic N) is 1. The van der Waals surface area contributed by atoms with Gasteiger partial charge < -0.3 is 15.3 Å². The summed E-state index contributed by atoms with van der Waals surface area (Å²) in [7, 11) is 0. The first-order chi connectivity index (χ1) is 12.4. The van der Waals surface area contributed by atoms with E-state index in [0.29, 0.717) is 13.1 Å². The molecular weight excluding hydrogens is 332 g/mol. The lowest BCUT2D eigenvalue weighted by Crippen LogP contribution is -2.42. The van der Waals surface area contributed by atoms with Crippen LogP contribution in [0.1, 0.15) is 60.5 Å². The fraction of sp³-hybridized carbons (Fsp3) is 0.550. The highest BCUT2D eigenvalue weighted by Crippen LogP contribution is 2.25. The lowest BCUT2D eigenvalue weighted by Gasteiger charge is -2.30. The number of carbonyl (C=O) groups excluding carboxylic acids is 2. The molecule has 0 saturated heterocycles. The van der Waals surface area contributed by atoms with Gasteiger partial charge in [-0.2, -0.15) is 0 Å². The zero-order chi connectivity index (χ0) is 18.7. The van der Waals surface area contributed by atoms with Crippen LogP contribution in [-0.2, 0) is 22.6 Å². The third-order valence-electron chi connectivity index (χ3n) is 5.41. The van der Waals surface area contributed by atoms with E-state index in [1.165, 1.54) is 0 Å². The van der Waals surface area contributed by atoms with Crippen molar-refractivity contribution in [3.05, 3.63) is 34.9 Å². The number of amides is 2. The largest absolute Gasteiger partial charge is 0.478 e. The second kappa shape index (κ2) is 7.89. The molecule has 1 fully saturated rings. The van der Waals surface area contributed by atoms with Gasteiger partial charge in [0.15, 0.2) is 0 Å². The van der Waals surface area contributed by atoms with E-state index in [1.807, 2.05) is 13.0 Å². The zero-order valence-corrected chi connectivity index (χ0v) is 15.2. The smallest absolute Gasteiger partial charge is 0.335 e. The predicted octanol–water partition coefficient (Wildman–Crippen LogP) is 2.35. The molecule has 1 unspecified atom stereocenters. The summed E-state index contributed by atoms with van der Waals surface area (Å²) in [5.74, 6) is -0.795. The van der Waals surface area contributed by atoms with Crippen LogP contribution in [0.2, 0.25) is 0 Å². The van der Waals surface area contributed by atoms with E-state index < -0.39 is 5.97 Å². The van der Waals surface area contributed by atoms with E-state index in [0.717, 1.165) is 43.2 Å². The van der Waals surface area contributed by atoms with Crippen LogP contribution in [0.15, 0.2) is 18.2 Å². The Hall–Kier alpha value is -2.37. The van der Waals surface area contributed by atoms with Gasteiger partial charge in [0.05, 0.1) is 5.56 Å². The summed E-state index contributed by atoms with van der Waals surface area (Å²) in [5.41, 5.74) is 2.24. The summed E-state index contributed by atoms with van der Waals surface area (Å²) in [5, 5.41) is 12.1. The second-order valence-electron chi connectivity index (χ2n) is 7.45. The lowest BCUT2D eigenvalue weighted by atomic mass is 9.97. The first kappa shape index (κ1) is 18.4. The molecule has 26 heavy (non-hydrogen) atoms. The normalized spacial score (nSPS) is 18.3. The Kier molecular flexibility index (Phi) is 5.59. The standard InChI is InChI=1S/C20H26N2O4/c1-13(21-19(24)15-4-2-3-5-15)10-18(23)22-9-8-14-6-7-16(20(25)26)11-17(14)12-22/h6-7,11,13,15H,2-5,8-10,12H2,1H3,(H,21,24)(H,25,26). The molecule has 0 aromatic heterocycles. The minimum Gasteiger partial charge on any atom is -0.478 e. The quantitative estimate of drug-likeness (QED) is 0.846. The third kappa shape index (κ3) is 4.23. The molecule has 2 N–H and O–H groups in total. The van der Waals surface area contributed by atoms with Gasteiger partial charge in [0.1, 0.15) is 0 Å². The Morgan fingerprint density at radius 2 is 1.96 bits per heavy atom. The van der Waals surface area contributed by atoms with Crippen LogP contribution in [0, 0.1) is 5.92 Å². The van der Waals surface area contributed by atoms with Crippen molar-refractivity contribution in [2.24, 2.45) is 5.92 Å². The van der Waals surface area contributed by atoms with Crippen molar-refractivity contribution in [1.29, 1.82) is 0 Å². The minimum atomic E-state index is -0.959. The minimum absolute atomic E-state index is 0.00407. The zero-order valence-electron chi connectivity index (χ0n) is 15.2. The number of nitrogens with one attached hydrogen (secondary N) is 1. The van der Waals surface area contributed by atoms with Crippen molar-refractivity contribution < 1.29 is 19.5 Å². The Bertz CT molecular complexity index is 710. The van der Waals surface area contributed by atoms with Gasteiger partial charge in [-0.1, -0.05) is 18.9 Å². The molecular formula is C20H26N2O4. The highest BCUT2D eigenvalue weighted by Gasteiger charge is 2.26. The maximum atomic E-state index is 12.6. The van der Waals surface area contributed by atoms with Crippen molar-refractivity contribution in [2.45, 2.75) is 58.0 Å². The Morgan fingerprint density at radius 3 is 2.65 bits per heavy atom. The van der Waals surface area contributed by atoms with Gasteiger partial charge in [0, 0.05) is 31.5 Å². The maximum absolute atomic E-state index is 12.6. The van der Waals surface area contributed by atoms with E-state index in [9.17, 15) is 14.4 Å². The molecule has 6 nitrogen and oxygen atoms in total. The molecule has 140 valence electrons. The van der Waals surface area contributed by atoms with Crippen LogP contribution < -0.4 is 5.32 Å². The summed E-state index contributed by atoms with van der Waals surface area (Å²) in [6.45, 7) is 2.92. The predicted molar refractivity (Wildman–Crippen MR) is 96.7 cm³/mol. The molecule has 6 heteroatoms. The number of aromatic carboxylic acids is 1. The van der Waals surface area contributed by atoms with Crippen molar-refractivity contribution in [3.8, 4) is 0 Å². The van der Waals surface area contributed by atoms with E-state index >= 15 is 0 Å². The van der Waals surface area contributed by atoms with Gasteiger partial charge in [-0.3, -0.25) is 9.59 Å². The van der Waals surface area contributed by atoms with Gasteiger partial charge in [-0.05, 0) is 49.4 Å². The van der Waals surface area contributed by atoms with E-state index in [4.69, 9.17) is 5.11 Å². The molecule has 0 bridgehead atoms. The van der Waals surface area contributed by atoms with Crippen LogP contribution in [0.25, 0.3) is 0 Å². The summed E-state index contributed by atoms with van der Waals surface area (Å²) < 4.78 is 0. The number of hydrogen-bond acceptors (Lipinski definition) is 3. The highest BCUT2D eigenvalue weighted by atomic mass is 16.4. The molecule has 1 heterocycles. The van der Waals surface area contributed by atoms with Crippen molar-refractivity contribution >= 4 is 17.8 Å². The number of fused-ring (bicyclic) bond motifs is 1. The first-order valence-corrected chi connectivity index (χ1v) is 9.37. The lowest BCUT2D eigenvalue weighted by molar-refractivity contribution is -0.133. The van der Waals surface area contributed by atoms with E-state index in [2.05, 4.69) is 5.32 Å². The van der Waals surface area contributed by atoms with E-state index in [-0.39, 0.29) is 35.8 Å². The van der Waals surface area contributed by atoms with Gasteiger partial charge in [0.2, 0.25) is 11.8 Å². The highest BCUT2D eigenvalue weighted by molar-refractivity contribution is 5.88. The van der Waals surface area contributed by atoms with Gasteiger partial charge in [0.25, 0.3) is 0 Å². The average Bonchev–Trinajstić information content (AvgIpc) is 3.15. The number of hydrogen-bond donors (Lipinski definition) is 2. The topological polar surface area (TPSA) is 86.7 Å². The number of carboxylic acid groups (broad SMARTS) is 1. The molecule has 2 amide bonds. The van der Waals surface area contributed by atoms with Gasteiger partial charge in [-0.15, -0.1) is 0 Å². The molecule has 1 aromatic rings. The van der Waals surface area contributed by atoms with E-state index in [1.54, 1.807) is 17.0 Å². The third-order valence-corrected chi connectivity index (χ3v) is 5.41. The number of carbonyl (C=O) groups is 3. The number of rotatable bonds is 5. The Labute approximate surface area is 153 Å². The molecule has 1 atom stereocenters. The summed E-state index contributed by atoms with van der Waals surface area (Å²) in [6, 6.07) is 4.91. The molecule has 1 aliphatic heterocycles. The van der Waals surface area contributed by atoms with Crippen LogP contribution in [0.5, 0.6) is 0 Å². The van der Waals surface area contributed by atoms with Gasteiger partial charge in [-0.25, -0.2) is 4.79 Å². The fourth-order valence-electron chi connectivity index (χ4n) is 3.89. The van der Waals surface area contributed by atoms with Crippen molar-refractivity contribution in [2.75, 3.05) is 6.54 Å². The van der Waals surface area contributed by atoms with Crippen LogP contribution in [0.4, 0.5) is 0 Å². The second-order valence-corrected chi connectivity index (χ2v) is 7.45. The molecule has 1 aromatic carbocycles. The molecule has 0 radical (unpaired) electrons. The molecule has 0 spiro atoms. The van der Waals surface area contributed by atoms with Crippen LogP contribution in [0.3, 0.4) is 0 Å². The van der Waals surface area contributed by atoms with Crippen molar-refractivity contribution in [3.63, 3.8) is 0 Å². The number of benzene rings is 1. The van der Waals surface area contributed by atoms with Crippen LogP contribution in [-0.4, -0.2) is 40.4 Å². The fourth-order valence-corrected chi connectivity index (χ4v) is 3.89. The first-order valence-electron chi connectivity index (χ1n) is 9.37. The molecule has 1 aliphatic carbocycles. The van der Waals surface area contributed by atoms with Crippen LogP contribution >= 0.6 is 0 Å². The maximum Gasteiger partial charge on any atom is 0.335 e. The average molecular weight is 358 g/mol. The SMILES string of the molecule is CC(CC(=O)N1CCc2ccc(C(=O)O)cc2C1)NC(=O)C1CCCC1. The van der Waals surface area contributed by atoms with Gasteiger partial charge >= 0.3 is 5.97 Å². The molecule has 1 saturated carbocycles.